The first-order valence-electron chi connectivity index (χ1n) is 10.2. The average Bonchev–Trinajstić information content (AvgIpc) is 2.82. The Morgan fingerprint density at radius 2 is 1.36 bits per heavy atom. The minimum atomic E-state index is -4.76. The quantitative estimate of drug-likeness (QED) is 0.159. The third-order valence-electron chi connectivity index (χ3n) is 4.80. The van der Waals surface area contributed by atoms with Gasteiger partial charge in [0.1, 0.15) is 10.6 Å². The molecule has 0 saturated carbocycles. The number of anilines is 1. The number of nitrogens with one attached hydrogen (secondary N) is 1. The molecule has 177 valence electrons. The standard InChI is InChI=1S/C24H19N5O5S.Na/c1-15(30)25-20-11-12-21-16(13-20)14-22(35(32,33)34)23(24(21)31)29-28-19-9-7-18(8-10-19)27-26-17-5-3-2-4-6-17;/h2-14,31H,1H3,(H,25,30)(H,32,33,34);. The van der Waals surface area contributed by atoms with Crippen LogP contribution < -0.4 is 5.32 Å². The van der Waals surface area contributed by atoms with Crippen molar-refractivity contribution in [1.82, 2.24) is 0 Å². The van der Waals surface area contributed by atoms with E-state index in [9.17, 15) is 22.9 Å². The van der Waals surface area contributed by atoms with E-state index < -0.39 is 26.5 Å². The largest absolute Gasteiger partial charge is 0.505 e. The average molecular weight is 513 g/mol. The number of hydrogen-bond acceptors (Lipinski definition) is 8. The van der Waals surface area contributed by atoms with Crippen molar-refractivity contribution in [3.8, 4) is 5.75 Å². The van der Waals surface area contributed by atoms with Gasteiger partial charge in [-0.2, -0.15) is 23.8 Å². The van der Waals surface area contributed by atoms with Crippen molar-refractivity contribution in [1.29, 1.82) is 0 Å². The fourth-order valence-electron chi connectivity index (χ4n) is 3.23. The van der Waals surface area contributed by atoms with Crippen LogP contribution in [-0.4, -0.2) is 53.5 Å². The second kappa shape index (κ2) is 11.5. The Morgan fingerprint density at radius 1 is 0.806 bits per heavy atom. The van der Waals surface area contributed by atoms with Gasteiger partial charge in [-0.25, -0.2) is 0 Å². The molecule has 12 heteroatoms. The van der Waals surface area contributed by atoms with Crippen molar-refractivity contribution < 1.29 is 22.9 Å². The van der Waals surface area contributed by atoms with Crippen LogP contribution in [0.25, 0.3) is 10.8 Å². The normalized spacial score (nSPS) is 11.6. The molecule has 0 aromatic heterocycles. The van der Waals surface area contributed by atoms with Gasteiger partial charge in [-0.3, -0.25) is 9.35 Å². The van der Waals surface area contributed by atoms with Gasteiger partial charge in [-0.15, -0.1) is 5.11 Å². The molecule has 0 aliphatic heterocycles. The van der Waals surface area contributed by atoms with Gasteiger partial charge >= 0.3 is 0 Å². The molecule has 0 saturated heterocycles. The van der Waals surface area contributed by atoms with E-state index in [1.54, 1.807) is 30.3 Å². The van der Waals surface area contributed by atoms with Crippen LogP contribution in [0.5, 0.6) is 5.75 Å². The molecule has 0 unspecified atom stereocenters. The Bertz CT molecular complexity index is 1570. The number of fused-ring (bicyclic) bond motifs is 1. The van der Waals surface area contributed by atoms with Crippen LogP contribution in [0.2, 0.25) is 0 Å². The van der Waals surface area contributed by atoms with Gasteiger partial charge in [0.05, 0.1) is 17.1 Å². The predicted octanol–water partition coefficient (Wildman–Crippen LogP) is 6.20. The van der Waals surface area contributed by atoms with Gasteiger partial charge < -0.3 is 10.4 Å². The Morgan fingerprint density at radius 3 is 1.92 bits per heavy atom. The molecule has 4 rings (SSSR count). The molecule has 0 atom stereocenters. The molecule has 4 aromatic carbocycles. The van der Waals surface area contributed by atoms with E-state index in [4.69, 9.17) is 0 Å². The predicted molar refractivity (Wildman–Crippen MR) is 137 cm³/mol. The molecule has 3 N–H and O–H groups in total. The molecule has 0 spiro atoms. The molecule has 4 aromatic rings. The topological polar surface area (TPSA) is 153 Å². The maximum atomic E-state index is 12.0. The summed E-state index contributed by atoms with van der Waals surface area (Å²) in [6, 6.07) is 21.3. The number of amides is 1. The molecule has 0 aliphatic rings. The zero-order chi connectivity index (χ0) is 25.0. The van der Waals surface area contributed by atoms with Crippen LogP contribution >= 0.6 is 0 Å². The summed E-state index contributed by atoms with van der Waals surface area (Å²) in [4.78, 5) is 10.7. The van der Waals surface area contributed by atoms with E-state index >= 15 is 0 Å². The van der Waals surface area contributed by atoms with E-state index in [1.807, 2.05) is 30.3 Å². The fraction of sp³-hybridized carbons (Fsp3) is 0.0417. The first-order chi connectivity index (χ1) is 16.7. The molecule has 0 heterocycles. The van der Waals surface area contributed by atoms with Crippen LogP contribution in [0.15, 0.2) is 104 Å². The molecular weight excluding hydrogens is 493 g/mol. The maximum Gasteiger partial charge on any atom is 0.296 e. The second-order valence-electron chi connectivity index (χ2n) is 7.42. The Balaban J connectivity index is 0.00000361. The van der Waals surface area contributed by atoms with Crippen LogP contribution in [-0.2, 0) is 14.9 Å². The zero-order valence-electron chi connectivity index (χ0n) is 19.3. The Kier molecular flexibility index (Phi) is 8.66. The van der Waals surface area contributed by atoms with Crippen LogP contribution in [0.4, 0.5) is 28.4 Å². The van der Waals surface area contributed by atoms with E-state index in [0.29, 0.717) is 22.7 Å². The number of phenolic OH excluding ortho intramolecular Hbond substituents is 1. The first kappa shape index (κ1) is 27.1. The first-order valence-corrected chi connectivity index (χ1v) is 11.7. The van der Waals surface area contributed by atoms with Crippen molar-refractivity contribution in [3.05, 3.63) is 78.9 Å². The Hall–Kier alpha value is -3.48. The third kappa shape index (κ3) is 6.59. The van der Waals surface area contributed by atoms with Gasteiger partial charge in [0.2, 0.25) is 5.91 Å². The minimum absolute atomic E-state index is 0. The molecule has 0 aliphatic carbocycles. The van der Waals surface area contributed by atoms with Crippen molar-refractivity contribution >= 4 is 84.8 Å². The summed E-state index contributed by atoms with van der Waals surface area (Å²) >= 11 is 0. The van der Waals surface area contributed by atoms with E-state index in [-0.39, 0.29) is 46.2 Å². The molecule has 36 heavy (non-hydrogen) atoms. The molecule has 10 nitrogen and oxygen atoms in total. The van der Waals surface area contributed by atoms with Gasteiger partial charge in [0, 0.05) is 47.6 Å². The smallest absolute Gasteiger partial charge is 0.296 e. The summed E-state index contributed by atoms with van der Waals surface area (Å²) in [7, 11) is -4.76. The number of azo groups is 2. The third-order valence-corrected chi connectivity index (χ3v) is 5.67. The minimum Gasteiger partial charge on any atom is -0.505 e. The van der Waals surface area contributed by atoms with Gasteiger partial charge in [-0.1, -0.05) is 18.2 Å². The zero-order valence-corrected chi connectivity index (χ0v) is 22.1. The number of carbonyl (C=O) groups excluding carboxylic acids is 1. The van der Waals surface area contributed by atoms with Gasteiger partial charge in [-0.05, 0) is 66.0 Å². The second-order valence-corrected chi connectivity index (χ2v) is 8.81. The summed E-state index contributed by atoms with van der Waals surface area (Å²) in [6.07, 6.45) is 0. The van der Waals surface area contributed by atoms with E-state index in [0.717, 1.165) is 6.07 Å². The van der Waals surface area contributed by atoms with Crippen molar-refractivity contribution in [2.75, 3.05) is 5.32 Å². The van der Waals surface area contributed by atoms with Crippen molar-refractivity contribution in [2.45, 2.75) is 11.8 Å². The monoisotopic (exact) mass is 512 g/mol. The number of phenols is 1. The van der Waals surface area contributed by atoms with E-state index in [2.05, 4.69) is 25.8 Å². The molecule has 1 radical (unpaired) electrons. The summed E-state index contributed by atoms with van der Waals surface area (Å²) in [6.45, 7) is 1.33. The molecule has 0 bridgehead atoms. The summed E-state index contributed by atoms with van der Waals surface area (Å²) in [5.74, 6) is -0.803. The number of carbonyl (C=O) groups is 1. The molecule has 1 amide bonds. The van der Waals surface area contributed by atoms with Gasteiger partial charge in [0.25, 0.3) is 10.1 Å². The fourth-order valence-corrected chi connectivity index (χ4v) is 3.89. The van der Waals surface area contributed by atoms with Crippen LogP contribution in [0.1, 0.15) is 6.92 Å². The van der Waals surface area contributed by atoms with Gasteiger partial charge in [0.15, 0.2) is 5.75 Å². The number of hydrogen-bond donors (Lipinski definition) is 3. The van der Waals surface area contributed by atoms with E-state index in [1.165, 1.54) is 19.1 Å². The van der Waals surface area contributed by atoms with Crippen LogP contribution in [0.3, 0.4) is 0 Å². The number of nitrogens with zero attached hydrogens (tertiary/aromatic N) is 4. The number of benzene rings is 4. The summed E-state index contributed by atoms with van der Waals surface area (Å²) in [5, 5.41) is 30.0. The van der Waals surface area contributed by atoms with Crippen molar-refractivity contribution in [2.24, 2.45) is 20.5 Å². The Labute approximate surface area is 228 Å². The van der Waals surface area contributed by atoms with Crippen LogP contribution in [0, 0.1) is 0 Å². The number of rotatable bonds is 6. The summed E-state index contributed by atoms with van der Waals surface area (Å²) in [5.41, 5.74) is 1.59. The number of aromatic hydroxyl groups is 1. The summed E-state index contributed by atoms with van der Waals surface area (Å²) < 4.78 is 33.7. The molecular formula is C24H19N5NaO5S. The molecule has 0 fully saturated rings. The SMILES string of the molecule is CC(=O)Nc1ccc2c(O)c(N=Nc3ccc(N=Nc4ccccc4)cc3)c(S(=O)(=O)O)cc2c1.[Na]. The van der Waals surface area contributed by atoms with Crippen molar-refractivity contribution in [3.63, 3.8) is 0 Å². The maximum absolute atomic E-state index is 12.0.